The minimum absolute atomic E-state index is 0.311. The Labute approximate surface area is 144 Å². The van der Waals surface area contributed by atoms with E-state index in [1.807, 2.05) is 0 Å². The number of aliphatic hydroxyl groups excluding tert-OH is 1. The summed E-state index contributed by atoms with van der Waals surface area (Å²) in [5, 5.41) is 9.09. The predicted octanol–water partition coefficient (Wildman–Crippen LogP) is 3.91. The first kappa shape index (κ1) is 23.3. The number of methoxy groups -OCH3 is 1. The van der Waals surface area contributed by atoms with Gasteiger partial charge < -0.3 is 14.7 Å². The Morgan fingerprint density at radius 3 is 1.42 bits per heavy atom. The highest BCUT2D eigenvalue weighted by Crippen LogP contribution is 2.54. The van der Waals surface area contributed by atoms with Gasteiger partial charge in [0.25, 0.3) is 0 Å². The summed E-state index contributed by atoms with van der Waals surface area (Å²) in [6.07, 6.45) is -14.7. The third-order valence-corrected chi connectivity index (χ3v) is 4.55. The average molecular weight is 405 g/mol. The lowest BCUT2D eigenvalue weighted by Gasteiger charge is -2.36. The van der Waals surface area contributed by atoms with E-state index in [4.69, 9.17) is 5.11 Å². The summed E-state index contributed by atoms with van der Waals surface area (Å²) in [6, 6.07) is 0. The molecule has 12 heteroatoms. The van der Waals surface area contributed by atoms with Crippen LogP contribution in [0.3, 0.4) is 0 Å². The highest BCUT2D eigenvalue weighted by Gasteiger charge is 2.85. The first-order valence-electron chi connectivity index (χ1n) is 7.74. The molecule has 3 nitrogen and oxygen atoms in total. The quantitative estimate of drug-likeness (QED) is 0.720. The molecule has 2 aliphatic rings. The van der Waals surface area contributed by atoms with Crippen LogP contribution in [-0.2, 0) is 4.74 Å². The maximum absolute atomic E-state index is 11.8. The molecule has 0 aromatic rings. The number of ether oxygens (including phenoxy) is 1. The van der Waals surface area contributed by atoms with Crippen LogP contribution in [0.5, 0.6) is 0 Å². The molecular formula is C14H20F9NO2. The number of hydrogen-bond acceptors (Lipinski definition) is 3. The van der Waals surface area contributed by atoms with E-state index in [2.05, 4.69) is 9.64 Å². The molecule has 1 N–H and O–H groups in total. The third-order valence-electron chi connectivity index (χ3n) is 4.55. The summed E-state index contributed by atoms with van der Waals surface area (Å²) in [6.45, 7) is 4.09. The van der Waals surface area contributed by atoms with Crippen molar-refractivity contribution >= 4 is 0 Å². The topological polar surface area (TPSA) is 32.7 Å². The van der Waals surface area contributed by atoms with Crippen LogP contribution in [-0.4, -0.2) is 67.5 Å². The van der Waals surface area contributed by atoms with Crippen molar-refractivity contribution < 1.29 is 49.4 Å². The zero-order valence-electron chi connectivity index (χ0n) is 13.9. The van der Waals surface area contributed by atoms with Crippen LogP contribution in [0.15, 0.2) is 0 Å². The minimum atomic E-state index is -6.64. The maximum Gasteiger partial charge on any atom is 0.435 e. The van der Waals surface area contributed by atoms with Gasteiger partial charge in [-0.05, 0) is 38.8 Å². The standard InChI is InChI=1S/C9H17NO.C5H3F9O/c11-8-9(3-4-9)7-10-5-1-2-6-10;1-15-2(3(6,7)8,4(9,10)11)5(12,13)14/h11H,1-8H2;1H3. The summed E-state index contributed by atoms with van der Waals surface area (Å²) in [5.74, 6) is 0. The van der Waals surface area contributed by atoms with Crippen molar-refractivity contribution in [2.24, 2.45) is 5.41 Å². The van der Waals surface area contributed by atoms with Crippen LogP contribution in [0.4, 0.5) is 39.5 Å². The number of nitrogens with zero attached hydrogens (tertiary/aromatic N) is 1. The van der Waals surface area contributed by atoms with Crippen molar-refractivity contribution in [1.82, 2.24) is 4.90 Å². The second-order valence-corrected chi connectivity index (χ2v) is 6.52. The number of aliphatic hydroxyl groups is 1. The molecule has 0 bridgehead atoms. The highest BCUT2D eigenvalue weighted by atomic mass is 19.4. The summed E-state index contributed by atoms with van der Waals surface area (Å²) >= 11 is 0. The minimum Gasteiger partial charge on any atom is -0.396 e. The third kappa shape index (κ3) is 4.75. The molecule has 0 atom stereocenters. The molecule has 26 heavy (non-hydrogen) atoms. The number of halogens is 9. The zero-order chi connectivity index (χ0) is 20.4. The Kier molecular flexibility index (Phi) is 6.90. The van der Waals surface area contributed by atoms with Gasteiger partial charge in [0, 0.05) is 25.7 Å². The molecule has 156 valence electrons. The molecular weight excluding hydrogens is 385 g/mol. The van der Waals surface area contributed by atoms with Crippen molar-refractivity contribution in [3.8, 4) is 0 Å². The molecule has 0 spiro atoms. The fourth-order valence-electron chi connectivity index (χ4n) is 2.79. The Morgan fingerprint density at radius 1 is 0.846 bits per heavy atom. The van der Waals surface area contributed by atoms with Gasteiger partial charge in [-0.2, -0.15) is 39.5 Å². The van der Waals surface area contributed by atoms with Gasteiger partial charge in [-0.3, -0.25) is 0 Å². The second kappa shape index (κ2) is 7.70. The van der Waals surface area contributed by atoms with Crippen molar-refractivity contribution in [1.29, 1.82) is 0 Å². The molecule has 1 saturated heterocycles. The highest BCUT2D eigenvalue weighted by molar-refractivity contribution is 5.01. The molecule has 1 heterocycles. The Bertz CT molecular complexity index is 413. The van der Waals surface area contributed by atoms with Crippen molar-refractivity contribution in [3.63, 3.8) is 0 Å². The van der Waals surface area contributed by atoms with Crippen molar-refractivity contribution in [2.45, 2.75) is 49.8 Å². The lowest BCUT2D eigenvalue weighted by Crippen LogP contribution is -2.67. The van der Waals surface area contributed by atoms with Crippen LogP contribution < -0.4 is 0 Å². The van der Waals surface area contributed by atoms with E-state index in [0.717, 1.165) is 6.54 Å². The zero-order valence-corrected chi connectivity index (χ0v) is 13.9. The van der Waals surface area contributed by atoms with Gasteiger partial charge in [-0.15, -0.1) is 0 Å². The van der Waals surface area contributed by atoms with Crippen molar-refractivity contribution in [3.05, 3.63) is 0 Å². The van der Waals surface area contributed by atoms with E-state index in [9.17, 15) is 39.5 Å². The van der Waals surface area contributed by atoms with Gasteiger partial charge in [-0.1, -0.05) is 0 Å². The molecule has 1 saturated carbocycles. The van der Waals surface area contributed by atoms with Crippen LogP contribution in [0.1, 0.15) is 25.7 Å². The number of hydrogen-bond donors (Lipinski definition) is 1. The van der Waals surface area contributed by atoms with Gasteiger partial charge in [0.1, 0.15) is 0 Å². The maximum atomic E-state index is 11.8. The molecule has 0 unspecified atom stereocenters. The van der Waals surface area contributed by atoms with E-state index in [0.29, 0.717) is 12.0 Å². The molecule has 1 aliphatic heterocycles. The van der Waals surface area contributed by atoms with Gasteiger partial charge >= 0.3 is 24.1 Å². The lowest BCUT2D eigenvalue weighted by molar-refractivity contribution is -0.452. The van der Waals surface area contributed by atoms with Crippen LogP contribution >= 0.6 is 0 Å². The van der Waals surface area contributed by atoms with Gasteiger partial charge in [0.15, 0.2) is 0 Å². The number of rotatable bonds is 4. The lowest BCUT2D eigenvalue weighted by atomic mass is 10.0. The first-order chi connectivity index (χ1) is 11.7. The molecule has 2 fully saturated rings. The smallest absolute Gasteiger partial charge is 0.396 e. The summed E-state index contributed by atoms with van der Waals surface area (Å²) < 4.78 is 109. The summed E-state index contributed by atoms with van der Waals surface area (Å²) in [5.41, 5.74) is -5.81. The fraction of sp³-hybridized carbons (Fsp3) is 1.00. The Balaban J connectivity index is 0.000000269. The SMILES string of the molecule is COC(C(F)(F)F)(C(F)(F)F)C(F)(F)F.OCC1(CN2CCCC2)CC1. The molecule has 0 aromatic heterocycles. The van der Waals surface area contributed by atoms with Gasteiger partial charge in [0.05, 0.1) is 0 Å². The molecule has 0 radical (unpaired) electrons. The molecule has 0 amide bonds. The van der Waals surface area contributed by atoms with Gasteiger partial charge in [0.2, 0.25) is 0 Å². The normalized spacial score (nSPS) is 21.3. The first-order valence-corrected chi connectivity index (χ1v) is 7.74. The molecule has 0 aromatic carbocycles. The molecule has 1 aliphatic carbocycles. The molecule has 2 rings (SSSR count). The summed E-state index contributed by atoms with van der Waals surface area (Å²) in [7, 11) is -0.311. The monoisotopic (exact) mass is 405 g/mol. The number of alkyl halides is 9. The second-order valence-electron chi connectivity index (χ2n) is 6.52. The largest absolute Gasteiger partial charge is 0.435 e. The van der Waals surface area contributed by atoms with E-state index in [-0.39, 0.29) is 7.11 Å². The predicted molar refractivity (Wildman–Crippen MR) is 72.3 cm³/mol. The number of likely N-dealkylation sites (tertiary alicyclic amines) is 1. The van der Waals surface area contributed by atoms with E-state index >= 15 is 0 Å². The van der Waals surface area contributed by atoms with Gasteiger partial charge in [-0.25, -0.2) is 0 Å². The fourth-order valence-corrected chi connectivity index (χ4v) is 2.79. The van der Waals surface area contributed by atoms with E-state index in [1.54, 1.807) is 0 Å². The van der Waals surface area contributed by atoms with Crippen LogP contribution in [0, 0.1) is 5.41 Å². The van der Waals surface area contributed by atoms with Crippen molar-refractivity contribution in [2.75, 3.05) is 33.4 Å². The van der Waals surface area contributed by atoms with Crippen LogP contribution in [0.25, 0.3) is 0 Å². The van der Waals surface area contributed by atoms with E-state index < -0.39 is 24.1 Å². The average Bonchev–Trinajstić information content (AvgIpc) is 3.01. The summed E-state index contributed by atoms with van der Waals surface area (Å²) in [4.78, 5) is 2.50. The van der Waals surface area contributed by atoms with Crippen LogP contribution in [0.2, 0.25) is 0 Å². The Hall–Kier alpha value is -0.750. The van der Waals surface area contributed by atoms with E-state index in [1.165, 1.54) is 38.8 Å². The Morgan fingerprint density at radius 2 is 1.23 bits per heavy atom.